The van der Waals surface area contributed by atoms with Crippen LogP contribution in [0.4, 0.5) is 0 Å². The second-order valence-corrected chi connectivity index (χ2v) is 8.29. The fourth-order valence-electron chi connectivity index (χ4n) is 3.66. The predicted octanol–water partition coefficient (Wildman–Crippen LogP) is 7.16. The van der Waals surface area contributed by atoms with Crippen LogP contribution in [0.15, 0.2) is 0 Å². The highest BCUT2D eigenvalue weighted by atomic mass is 16.5. The van der Waals surface area contributed by atoms with Crippen molar-refractivity contribution in [3.63, 3.8) is 0 Å². The average molecular weight is 341 g/mol. The molecule has 0 aliphatic heterocycles. The minimum Gasteiger partial charge on any atom is -0.466 e. The highest BCUT2D eigenvalue weighted by Gasteiger charge is 2.28. The van der Waals surface area contributed by atoms with Gasteiger partial charge in [-0.3, -0.25) is 4.79 Å². The van der Waals surface area contributed by atoms with Gasteiger partial charge in [0.15, 0.2) is 0 Å². The maximum atomic E-state index is 11.1. The quantitative estimate of drug-likeness (QED) is 0.233. The second kappa shape index (κ2) is 13.7. The van der Waals surface area contributed by atoms with Crippen LogP contribution in [0.3, 0.4) is 0 Å². The van der Waals surface area contributed by atoms with Gasteiger partial charge in [0.05, 0.1) is 6.61 Å². The molecule has 0 rings (SSSR count). The molecular weight excluding hydrogens is 296 g/mol. The molecule has 0 N–H and O–H groups in total. The summed E-state index contributed by atoms with van der Waals surface area (Å²) in [5, 5.41) is 0. The zero-order valence-electron chi connectivity index (χ0n) is 17.5. The Morgan fingerprint density at radius 3 is 2.12 bits per heavy atom. The molecular formula is C22H44O2. The molecule has 0 aromatic carbocycles. The third-order valence-corrected chi connectivity index (χ3v) is 5.71. The summed E-state index contributed by atoms with van der Waals surface area (Å²) in [7, 11) is 0. The van der Waals surface area contributed by atoms with Crippen molar-refractivity contribution in [2.24, 2.45) is 17.3 Å². The molecule has 0 aromatic heterocycles. The van der Waals surface area contributed by atoms with E-state index in [1.54, 1.807) is 0 Å². The van der Waals surface area contributed by atoms with Gasteiger partial charge in [-0.25, -0.2) is 0 Å². The fraction of sp³-hybridized carbons (Fsp3) is 0.955. The summed E-state index contributed by atoms with van der Waals surface area (Å²) in [6, 6.07) is 0. The van der Waals surface area contributed by atoms with Gasteiger partial charge in [0.2, 0.25) is 0 Å². The standard InChI is InChI=1S/C22H44O2/c1-7-10-12-13-14-21(22(5,6)17-11-8-2)16-15-20(9-3)18-24-19(4)23/h20-21H,7-18H2,1-6H3. The van der Waals surface area contributed by atoms with E-state index in [0.29, 0.717) is 17.9 Å². The smallest absolute Gasteiger partial charge is 0.302 e. The predicted molar refractivity (Wildman–Crippen MR) is 105 cm³/mol. The summed E-state index contributed by atoms with van der Waals surface area (Å²) in [5.74, 6) is 1.18. The first kappa shape index (κ1) is 23.5. The molecule has 24 heavy (non-hydrogen) atoms. The van der Waals surface area contributed by atoms with Gasteiger partial charge >= 0.3 is 5.97 Å². The lowest BCUT2D eigenvalue weighted by Crippen LogP contribution is -2.25. The van der Waals surface area contributed by atoms with Crippen LogP contribution in [-0.2, 0) is 9.53 Å². The van der Waals surface area contributed by atoms with Crippen LogP contribution in [0.2, 0.25) is 0 Å². The Bertz CT molecular complexity index is 309. The number of carbonyl (C=O) groups excluding carboxylic acids is 1. The lowest BCUT2D eigenvalue weighted by Gasteiger charge is -2.36. The summed E-state index contributed by atoms with van der Waals surface area (Å²) in [6.07, 6.45) is 14.3. The van der Waals surface area contributed by atoms with Crippen molar-refractivity contribution in [2.45, 2.75) is 112 Å². The van der Waals surface area contributed by atoms with Crippen LogP contribution < -0.4 is 0 Å². The molecule has 2 nitrogen and oxygen atoms in total. The van der Waals surface area contributed by atoms with Crippen molar-refractivity contribution >= 4 is 5.97 Å². The molecule has 0 aliphatic carbocycles. The third-order valence-electron chi connectivity index (χ3n) is 5.71. The topological polar surface area (TPSA) is 26.3 Å². The highest BCUT2D eigenvalue weighted by Crippen LogP contribution is 2.39. The SMILES string of the molecule is CCCCCCC(CCC(CC)COC(C)=O)C(C)(C)CCCC. The number of hydrogen-bond donors (Lipinski definition) is 0. The van der Waals surface area contributed by atoms with Crippen LogP contribution in [0.25, 0.3) is 0 Å². The number of hydrogen-bond acceptors (Lipinski definition) is 2. The molecule has 0 aliphatic rings. The molecule has 2 atom stereocenters. The molecule has 0 heterocycles. The fourth-order valence-corrected chi connectivity index (χ4v) is 3.66. The largest absolute Gasteiger partial charge is 0.466 e. The van der Waals surface area contributed by atoms with Crippen molar-refractivity contribution in [2.75, 3.05) is 6.61 Å². The van der Waals surface area contributed by atoms with E-state index < -0.39 is 0 Å². The lowest BCUT2D eigenvalue weighted by atomic mass is 9.70. The lowest BCUT2D eigenvalue weighted by molar-refractivity contribution is -0.142. The van der Waals surface area contributed by atoms with Gasteiger partial charge in [0, 0.05) is 6.92 Å². The molecule has 0 spiro atoms. The van der Waals surface area contributed by atoms with Gasteiger partial charge in [0.1, 0.15) is 0 Å². The van der Waals surface area contributed by atoms with E-state index in [1.807, 2.05) is 0 Å². The van der Waals surface area contributed by atoms with Crippen LogP contribution in [0.5, 0.6) is 0 Å². The van der Waals surface area contributed by atoms with Gasteiger partial charge < -0.3 is 4.74 Å². The molecule has 0 saturated heterocycles. The van der Waals surface area contributed by atoms with Crippen molar-refractivity contribution in [1.29, 1.82) is 0 Å². The van der Waals surface area contributed by atoms with E-state index in [-0.39, 0.29) is 5.97 Å². The first-order valence-electron chi connectivity index (χ1n) is 10.5. The summed E-state index contributed by atoms with van der Waals surface area (Å²) >= 11 is 0. The number of esters is 1. The summed E-state index contributed by atoms with van der Waals surface area (Å²) < 4.78 is 5.25. The Morgan fingerprint density at radius 1 is 0.917 bits per heavy atom. The zero-order chi connectivity index (χ0) is 18.4. The van der Waals surface area contributed by atoms with Crippen molar-refractivity contribution in [3.05, 3.63) is 0 Å². The summed E-state index contributed by atoms with van der Waals surface area (Å²) in [4.78, 5) is 11.1. The van der Waals surface area contributed by atoms with E-state index in [1.165, 1.54) is 71.1 Å². The second-order valence-electron chi connectivity index (χ2n) is 8.29. The molecule has 0 aromatic rings. The highest BCUT2D eigenvalue weighted by molar-refractivity contribution is 5.65. The van der Waals surface area contributed by atoms with Gasteiger partial charge in [-0.05, 0) is 42.9 Å². The molecule has 2 heteroatoms. The monoisotopic (exact) mass is 340 g/mol. The molecule has 0 radical (unpaired) electrons. The Balaban J connectivity index is 4.57. The minimum absolute atomic E-state index is 0.146. The number of ether oxygens (including phenoxy) is 1. The molecule has 0 bridgehead atoms. The minimum atomic E-state index is -0.146. The Morgan fingerprint density at radius 2 is 1.58 bits per heavy atom. The molecule has 0 fully saturated rings. The molecule has 2 unspecified atom stereocenters. The Labute approximate surface area is 152 Å². The Hall–Kier alpha value is -0.530. The molecule has 0 saturated carbocycles. The van der Waals surface area contributed by atoms with Crippen LogP contribution in [0.1, 0.15) is 112 Å². The van der Waals surface area contributed by atoms with Gasteiger partial charge in [-0.1, -0.05) is 79.6 Å². The van der Waals surface area contributed by atoms with E-state index in [0.717, 1.165) is 12.3 Å². The van der Waals surface area contributed by atoms with Gasteiger partial charge in [-0.2, -0.15) is 0 Å². The zero-order valence-corrected chi connectivity index (χ0v) is 17.5. The Kier molecular flexibility index (Phi) is 13.4. The van der Waals surface area contributed by atoms with Crippen LogP contribution in [-0.4, -0.2) is 12.6 Å². The maximum absolute atomic E-state index is 11.1. The first-order chi connectivity index (χ1) is 11.4. The number of rotatable bonds is 15. The van der Waals surface area contributed by atoms with Crippen LogP contribution in [0, 0.1) is 17.3 Å². The van der Waals surface area contributed by atoms with Gasteiger partial charge in [0.25, 0.3) is 0 Å². The van der Waals surface area contributed by atoms with Crippen molar-refractivity contribution in [1.82, 2.24) is 0 Å². The summed E-state index contributed by atoms with van der Waals surface area (Å²) in [5.41, 5.74) is 0.432. The van der Waals surface area contributed by atoms with Gasteiger partial charge in [-0.15, -0.1) is 0 Å². The number of unbranched alkanes of at least 4 members (excludes halogenated alkanes) is 4. The van der Waals surface area contributed by atoms with E-state index in [2.05, 4.69) is 34.6 Å². The van der Waals surface area contributed by atoms with Crippen LogP contribution >= 0.6 is 0 Å². The third kappa shape index (κ3) is 11.1. The first-order valence-corrected chi connectivity index (χ1v) is 10.5. The van der Waals surface area contributed by atoms with Crippen molar-refractivity contribution in [3.8, 4) is 0 Å². The normalized spacial score (nSPS) is 14.4. The maximum Gasteiger partial charge on any atom is 0.302 e. The molecule has 144 valence electrons. The van der Waals surface area contributed by atoms with E-state index in [9.17, 15) is 4.79 Å². The van der Waals surface area contributed by atoms with Crippen molar-refractivity contribution < 1.29 is 9.53 Å². The number of carbonyl (C=O) groups is 1. The van der Waals surface area contributed by atoms with E-state index >= 15 is 0 Å². The molecule has 0 amide bonds. The average Bonchev–Trinajstić information content (AvgIpc) is 2.54. The van der Waals surface area contributed by atoms with E-state index in [4.69, 9.17) is 4.74 Å². The summed E-state index contributed by atoms with van der Waals surface area (Å²) in [6.45, 7) is 13.8.